The van der Waals surface area contributed by atoms with Gasteiger partial charge in [0.05, 0.1) is 11.9 Å². The third-order valence-corrected chi connectivity index (χ3v) is 2.37. The second-order valence-corrected chi connectivity index (χ2v) is 3.86. The van der Waals surface area contributed by atoms with Gasteiger partial charge in [0.25, 0.3) is 0 Å². The third kappa shape index (κ3) is 2.58. The maximum Gasteiger partial charge on any atom is 0.130 e. The monoisotopic (exact) mass is 232 g/mol. The van der Waals surface area contributed by atoms with Gasteiger partial charge in [0.15, 0.2) is 0 Å². The van der Waals surface area contributed by atoms with E-state index in [9.17, 15) is 0 Å². The Morgan fingerprint density at radius 2 is 2.18 bits per heavy atom. The van der Waals surface area contributed by atoms with Gasteiger partial charge in [-0.1, -0.05) is 12.1 Å². The summed E-state index contributed by atoms with van der Waals surface area (Å²) in [6.07, 6.45) is 2.76. The molecule has 1 N–H and O–H groups in total. The van der Waals surface area contributed by atoms with E-state index in [0.29, 0.717) is 0 Å². The standard InChI is InChI=1S/C11H16N6/c1-4-5-12-11-6-9(14-8(2)15-11)10-7-13-16-17(10)3/h6-7H,4-5H2,1-3H3,(H,12,14,15). The fourth-order valence-corrected chi connectivity index (χ4v) is 1.56. The highest BCUT2D eigenvalue weighted by Crippen LogP contribution is 2.17. The van der Waals surface area contributed by atoms with Crippen LogP contribution in [0.4, 0.5) is 5.82 Å². The summed E-state index contributed by atoms with van der Waals surface area (Å²) in [5.74, 6) is 1.58. The molecule has 0 aliphatic carbocycles. The van der Waals surface area contributed by atoms with Crippen LogP contribution in [-0.2, 0) is 7.05 Å². The maximum absolute atomic E-state index is 4.39. The largest absolute Gasteiger partial charge is 0.370 e. The summed E-state index contributed by atoms with van der Waals surface area (Å²) >= 11 is 0. The topological polar surface area (TPSA) is 68.5 Å². The van der Waals surface area contributed by atoms with Crippen LogP contribution < -0.4 is 5.32 Å². The molecule has 2 aromatic rings. The predicted octanol–water partition coefficient (Wildman–Crippen LogP) is 1.40. The summed E-state index contributed by atoms with van der Waals surface area (Å²) in [6.45, 7) is 4.90. The zero-order chi connectivity index (χ0) is 12.3. The van der Waals surface area contributed by atoms with E-state index in [2.05, 4.69) is 32.5 Å². The normalized spacial score (nSPS) is 10.5. The molecule has 6 nitrogen and oxygen atoms in total. The van der Waals surface area contributed by atoms with Crippen molar-refractivity contribution in [2.45, 2.75) is 20.3 Å². The van der Waals surface area contributed by atoms with Crippen LogP contribution in [0, 0.1) is 6.92 Å². The van der Waals surface area contributed by atoms with Crippen molar-refractivity contribution in [3.63, 3.8) is 0 Å². The van der Waals surface area contributed by atoms with Gasteiger partial charge in [0, 0.05) is 19.7 Å². The molecule has 0 spiro atoms. The second kappa shape index (κ2) is 4.90. The SMILES string of the molecule is CCCNc1cc(-c2cnnn2C)nc(C)n1. The number of aryl methyl sites for hydroxylation is 2. The van der Waals surface area contributed by atoms with Crippen LogP contribution in [0.25, 0.3) is 11.4 Å². The smallest absolute Gasteiger partial charge is 0.130 e. The van der Waals surface area contributed by atoms with Gasteiger partial charge in [-0.15, -0.1) is 5.10 Å². The highest BCUT2D eigenvalue weighted by atomic mass is 15.4. The molecule has 90 valence electrons. The Bertz CT molecular complexity index is 504. The first-order chi connectivity index (χ1) is 8.20. The van der Waals surface area contributed by atoms with E-state index in [1.165, 1.54) is 0 Å². The van der Waals surface area contributed by atoms with Gasteiger partial charge in [-0.3, -0.25) is 0 Å². The van der Waals surface area contributed by atoms with Crippen molar-refractivity contribution in [3.8, 4) is 11.4 Å². The zero-order valence-corrected chi connectivity index (χ0v) is 10.3. The molecule has 0 bridgehead atoms. The van der Waals surface area contributed by atoms with E-state index in [-0.39, 0.29) is 0 Å². The summed E-state index contributed by atoms with van der Waals surface area (Å²) in [7, 11) is 1.85. The Hall–Kier alpha value is -1.98. The molecule has 0 amide bonds. The minimum absolute atomic E-state index is 0.738. The van der Waals surface area contributed by atoms with Crippen LogP contribution in [0.3, 0.4) is 0 Å². The minimum Gasteiger partial charge on any atom is -0.370 e. The number of nitrogens with one attached hydrogen (secondary N) is 1. The van der Waals surface area contributed by atoms with E-state index < -0.39 is 0 Å². The Kier molecular flexibility index (Phi) is 3.32. The van der Waals surface area contributed by atoms with Crippen molar-refractivity contribution in [2.24, 2.45) is 7.05 Å². The quantitative estimate of drug-likeness (QED) is 0.863. The molecule has 2 rings (SSSR count). The van der Waals surface area contributed by atoms with Crippen molar-refractivity contribution in [1.29, 1.82) is 0 Å². The van der Waals surface area contributed by atoms with Gasteiger partial charge in [-0.05, 0) is 13.3 Å². The van der Waals surface area contributed by atoms with E-state index in [1.807, 2.05) is 20.0 Å². The second-order valence-electron chi connectivity index (χ2n) is 3.86. The number of hydrogen-bond acceptors (Lipinski definition) is 5. The lowest BCUT2D eigenvalue weighted by atomic mass is 10.3. The molecule has 0 aliphatic rings. The van der Waals surface area contributed by atoms with Crippen LogP contribution in [0.2, 0.25) is 0 Å². The van der Waals surface area contributed by atoms with Crippen LogP contribution >= 0.6 is 0 Å². The molecule has 0 fully saturated rings. The zero-order valence-electron chi connectivity index (χ0n) is 10.3. The lowest BCUT2D eigenvalue weighted by molar-refractivity contribution is 0.718. The van der Waals surface area contributed by atoms with Gasteiger partial charge in [-0.25, -0.2) is 14.6 Å². The average Bonchev–Trinajstić information content (AvgIpc) is 2.72. The first kappa shape index (κ1) is 11.5. The third-order valence-electron chi connectivity index (χ3n) is 2.37. The fraction of sp³-hybridized carbons (Fsp3) is 0.455. The molecule has 17 heavy (non-hydrogen) atoms. The molecule has 0 unspecified atom stereocenters. The number of aromatic nitrogens is 5. The van der Waals surface area contributed by atoms with E-state index in [0.717, 1.165) is 36.0 Å². The Morgan fingerprint density at radius 1 is 1.35 bits per heavy atom. The number of rotatable bonds is 4. The van der Waals surface area contributed by atoms with Crippen molar-refractivity contribution >= 4 is 5.82 Å². The number of nitrogens with zero attached hydrogens (tertiary/aromatic N) is 5. The average molecular weight is 232 g/mol. The summed E-state index contributed by atoms with van der Waals surface area (Å²) in [4.78, 5) is 8.73. The highest BCUT2D eigenvalue weighted by molar-refractivity contribution is 5.57. The van der Waals surface area contributed by atoms with Crippen molar-refractivity contribution in [1.82, 2.24) is 25.0 Å². The summed E-state index contributed by atoms with van der Waals surface area (Å²) in [5, 5.41) is 11.0. The lowest BCUT2D eigenvalue weighted by Crippen LogP contribution is -2.05. The minimum atomic E-state index is 0.738. The molecule has 0 saturated heterocycles. The first-order valence-corrected chi connectivity index (χ1v) is 5.65. The number of anilines is 1. The molecule has 0 radical (unpaired) electrons. The van der Waals surface area contributed by atoms with Crippen LogP contribution in [-0.4, -0.2) is 31.5 Å². The van der Waals surface area contributed by atoms with Crippen LogP contribution in [0.15, 0.2) is 12.3 Å². The molecule has 0 atom stereocenters. The maximum atomic E-state index is 4.39. The molecular formula is C11H16N6. The van der Waals surface area contributed by atoms with Crippen molar-refractivity contribution < 1.29 is 0 Å². The van der Waals surface area contributed by atoms with Gasteiger partial charge in [0.1, 0.15) is 17.3 Å². The van der Waals surface area contributed by atoms with E-state index >= 15 is 0 Å². The van der Waals surface area contributed by atoms with Gasteiger partial charge < -0.3 is 5.32 Å². The predicted molar refractivity (Wildman–Crippen MR) is 65.5 cm³/mol. The highest BCUT2D eigenvalue weighted by Gasteiger charge is 2.08. The van der Waals surface area contributed by atoms with Crippen molar-refractivity contribution in [3.05, 3.63) is 18.1 Å². The Balaban J connectivity index is 2.35. The van der Waals surface area contributed by atoms with Gasteiger partial charge in [-0.2, -0.15) is 0 Å². The first-order valence-electron chi connectivity index (χ1n) is 5.65. The molecule has 0 aliphatic heterocycles. The Labute approximate surface area is 100 Å². The number of hydrogen-bond donors (Lipinski definition) is 1. The van der Waals surface area contributed by atoms with E-state index in [1.54, 1.807) is 10.9 Å². The fourth-order valence-electron chi connectivity index (χ4n) is 1.56. The Morgan fingerprint density at radius 3 is 2.82 bits per heavy atom. The summed E-state index contributed by atoms with van der Waals surface area (Å²) in [6, 6.07) is 1.92. The molecule has 6 heteroatoms. The van der Waals surface area contributed by atoms with Gasteiger partial charge >= 0.3 is 0 Å². The van der Waals surface area contributed by atoms with Crippen LogP contribution in [0.1, 0.15) is 19.2 Å². The molecule has 0 aromatic carbocycles. The summed E-state index contributed by atoms with van der Waals surface area (Å²) < 4.78 is 1.70. The van der Waals surface area contributed by atoms with E-state index in [4.69, 9.17) is 0 Å². The molecule has 0 saturated carbocycles. The van der Waals surface area contributed by atoms with Gasteiger partial charge in [0.2, 0.25) is 0 Å². The molecular weight excluding hydrogens is 216 g/mol. The molecule has 2 heterocycles. The van der Waals surface area contributed by atoms with Crippen LogP contribution in [0.5, 0.6) is 0 Å². The molecule has 2 aromatic heterocycles. The van der Waals surface area contributed by atoms with Crippen molar-refractivity contribution in [2.75, 3.05) is 11.9 Å². The summed E-state index contributed by atoms with van der Waals surface area (Å²) in [5.41, 5.74) is 1.72. The lowest BCUT2D eigenvalue weighted by Gasteiger charge is -2.07.